The molecule has 2 heterocycles. The summed E-state index contributed by atoms with van der Waals surface area (Å²) in [6, 6.07) is 8.73. The fourth-order valence-electron chi connectivity index (χ4n) is 2.64. The third-order valence-corrected chi connectivity index (χ3v) is 5.11. The summed E-state index contributed by atoms with van der Waals surface area (Å²) in [6.45, 7) is 0. The van der Waals surface area contributed by atoms with E-state index < -0.39 is 23.5 Å². The highest BCUT2D eigenvalue weighted by molar-refractivity contribution is 7.98. The first-order valence-electron chi connectivity index (χ1n) is 8.04. The molecule has 8 nitrogen and oxygen atoms in total. The summed E-state index contributed by atoms with van der Waals surface area (Å²) in [4.78, 5) is 35.8. The Morgan fingerprint density at radius 3 is 2.70 bits per heavy atom. The van der Waals surface area contributed by atoms with Gasteiger partial charge in [-0.05, 0) is 5.56 Å². The number of nitrogens with zero attached hydrogens (tertiary/aromatic N) is 2. The van der Waals surface area contributed by atoms with Crippen LogP contribution in [-0.4, -0.2) is 44.7 Å². The van der Waals surface area contributed by atoms with E-state index in [0.29, 0.717) is 5.75 Å². The first-order chi connectivity index (χ1) is 13.0. The summed E-state index contributed by atoms with van der Waals surface area (Å²) >= 11 is 1.45. The van der Waals surface area contributed by atoms with Crippen molar-refractivity contribution in [3.05, 3.63) is 64.2 Å². The van der Waals surface area contributed by atoms with Gasteiger partial charge in [0, 0.05) is 23.9 Å². The lowest BCUT2D eigenvalue weighted by molar-refractivity contribution is -0.140. The van der Waals surface area contributed by atoms with E-state index in [-0.39, 0.29) is 22.6 Å². The molecule has 2 aliphatic rings. The number of aromatic nitrogens is 3. The van der Waals surface area contributed by atoms with Gasteiger partial charge in [-0.15, -0.1) is 0 Å². The van der Waals surface area contributed by atoms with Crippen molar-refractivity contribution in [1.29, 1.82) is 0 Å². The topological polar surface area (TPSA) is 114 Å². The number of aliphatic carboxylic acids is 1. The molecule has 1 aromatic rings. The number of fused-ring (bicyclic) bond motifs is 1. The molecule has 0 radical (unpaired) electrons. The van der Waals surface area contributed by atoms with Crippen LogP contribution in [0, 0.1) is 0 Å². The largest absolute Gasteiger partial charge is 0.480 e. The van der Waals surface area contributed by atoms with Gasteiger partial charge in [0.2, 0.25) is 0 Å². The zero-order valence-corrected chi connectivity index (χ0v) is 15.2. The molecule has 0 aromatic heterocycles. The monoisotopic (exact) mass is 387 g/mol. The summed E-state index contributed by atoms with van der Waals surface area (Å²) in [5.74, 6) is -0.850. The SMILES string of the molecule is COC(=O)c1cn(C(CSCc2ccccc2)C(=O)O)cc2c(=O)[nH]nc1-2. The molecule has 140 valence electrons. The molecule has 0 saturated carbocycles. The number of carbonyl (C=O) groups is 2. The van der Waals surface area contributed by atoms with Gasteiger partial charge in [0.1, 0.15) is 17.3 Å². The van der Waals surface area contributed by atoms with Crippen LogP contribution in [0.4, 0.5) is 0 Å². The number of H-pyrrole nitrogens is 1. The molecule has 1 unspecified atom stereocenters. The zero-order chi connectivity index (χ0) is 19.4. The highest BCUT2D eigenvalue weighted by Crippen LogP contribution is 2.25. The van der Waals surface area contributed by atoms with Crippen molar-refractivity contribution in [2.45, 2.75) is 11.8 Å². The number of methoxy groups -OCH3 is 1. The summed E-state index contributed by atoms with van der Waals surface area (Å²) in [7, 11) is 1.21. The van der Waals surface area contributed by atoms with Crippen LogP contribution in [0.15, 0.2) is 47.5 Å². The van der Waals surface area contributed by atoms with Gasteiger partial charge in [0.05, 0.1) is 12.7 Å². The van der Waals surface area contributed by atoms with Gasteiger partial charge in [-0.2, -0.15) is 16.9 Å². The minimum absolute atomic E-state index is 0.0349. The molecule has 0 bridgehead atoms. The number of rotatable bonds is 7. The molecule has 0 saturated heterocycles. The maximum atomic E-state index is 12.0. The molecule has 9 heteroatoms. The number of carboxylic acid groups (broad SMARTS) is 1. The molecule has 1 atom stereocenters. The number of carbonyl (C=O) groups excluding carboxylic acids is 1. The second-order valence-electron chi connectivity index (χ2n) is 5.78. The van der Waals surface area contributed by atoms with Crippen LogP contribution in [0.2, 0.25) is 0 Å². The third-order valence-electron chi connectivity index (χ3n) is 4.02. The number of hydrogen-bond acceptors (Lipinski definition) is 6. The average molecular weight is 387 g/mol. The second kappa shape index (κ2) is 8.09. The maximum absolute atomic E-state index is 12.0. The predicted molar refractivity (Wildman–Crippen MR) is 100 cm³/mol. The van der Waals surface area contributed by atoms with E-state index in [2.05, 4.69) is 10.2 Å². The standard InChI is InChI=1S/C18H17N3O5S/c1-26-18(25)13-8-21(7-12-15(13)19-20-16(12)22)14(17(23)24)10-27-9-11-5-3-2-4-6-11/h2-8,14H,9-10H2,1H3,(H,20,22)(H,23,24). The minimum Gasteiger partial charge on any atom is -0.480 e. The number of carboxylic acids is 1. The van der Waals surface area contributed by atoms with Crippen molar-refractivity contribution < 1.29 is 19.4 Å². The number of hydrogen-bond donors (Lipinski definition) is 2. The van der Waals surface area contributed by atoms with Crippen molar-refractivity contribution >= 4 is 23.7 Å². The Labute approximate surface area is 158 Å². The molecular formula is C18H17N3O5S. The molecule has 1 aromatic carbocycles. The Morgan fingerprint density at radius 1 is 1.30 bits per heavy atom. The lowest BCUT2D eigenvalue weighted by Gasteiger charge is -2.18. The van der Waals surface area contributed by atoms with Crippen LogP contribution in [-0.2, 0) is 15.3 Å². The minimum atomic E-state index is -1.06. The molecule has 0 aliphatic carbocycles. The Bertz CT molecular complexity index is 982. The van der Waals surface area contributed by atoms with Crippen LogP contribution in [0.1, 0.15) is 22.0 Å². The summed E-state index contributed by atoms with van der Waals surface area (Å²) in [6.07, 6.45) is 2.76. The Balaban J connectivity index is 1.90. The molecule has 3 rings (SSSR count). The highest BCUT2D eigenvalue weighted by atomic mass is 32.2. The number of ether oxygens (including phenoxy) is 1. The Hall–Kier alpha value is -3.07. The molecule has 0 fully saturated rings. The number of aromatic amines is 1. The van der Waals surface area contributed by atoms with Crippen molar-refractivity contribution in [3.8, 4) is 11.3 Å². The highest BCUT2D eigenvalue weighted by Gasteiger charge is 2.26. The van der Waals surface area contributed by atoms with E-state index in [4.69, 9.17) is 4.74 Å². The quantitative estimate of drug-likeness (QED) is 0.596. The summed E-state index contributed by atoms with van der Waals surface area (Å²) < 4.78 is 6.08. The van der Waals surface area contributed by atoms with Crippen molar-refractivity contribution in [3.63, 3.8) is 0 Å². The first-order valence-corrected chi connectivity index (χ1v) is 9.19. The number of pyridine rings is 1. The Kier molecular flexibility index (Phi) is 5.60. The smallest absolute Gasteiger partial charge is 0.341 e. The average Bonchev–Trinajstić information content (AvgIpc) is 3.05. The second-order valence-corrected chi connectivity index (χ2v) is 6.81. The number of benzene rings is 1. The van der Waals surface area contributed by atoms with E-state index in [1.54, 1.807) is 0 Å². The van der Waals surface area contributed by atoms with Crippen LogP contribution >= 0.6 is 11.8 Å². The molecule has 0 spiro atoms. The Morgan fingerprint density at radius 2 is 2.04 bits per heavy atom. The molecular weight excluding hydrogens is 370 g/mol. The molecule has 0 amide bonds. The number of thioether (sulfide) groups is 1. The third kappa shape index (κ3) is 4.03. The normalized spacial score (nSPS) is 12.0. The van der Waals surface area contributed by atoms with Crippen LogP contribution in [0.3, 0.4) is 0 Å². The number of nitrogens with one attached hydrogen (secondary N) is 1. The van der Waals surface area contributed by atoms with Crippen molar-refractivity contribution in [2.75, 3.05) is 12.9 Å². The van der Waals surface area contributed by atoms with Gasteiger partial charge in [0.15, 0.2) is 0 Å². The van der Waals surface area contributed by atoms with Gasteiger partial charge in [-0.25, -0.2) is 14.7 Å². The van der Waals surface area contributed by atoms with Crippen molar-refractivity contribution in [2.24, 2.45) is 0 Å². The molecule has 2 N–H and O–H groups in total. The predicted octanol–water partition coefficient (Wildman–Crippen LogP) is 2.02. The van der Waals surface area contributed by atoms with E-state index in [1.807, 2.05) is 30.3 Å². The van der Waals surface area contributed by atoms with Gasteiger partial charge >= 0.3 is 11.9 Å². The van der Waals surface area contributed by atoms with Crippen LogP contribution < -0.4 is 5.56 Å². The van der Waals surface area contributed by atoms with Gasteiger partial charge in [-0.3, -0.25) is 4.79 Å². The zero-order valence-electron chi connectivity index (χ0n) is 14.4. The van der Waals surface area contributed by atoms with E-state index in [1.165, 1.54) is 35.8 Å². The molecule has 2 aliphatic heterocycles. The maximum Gasteiger partial charge on any atom is 0.341 e. The fraction of sp³-hybridized carbons (Fsp3) is 0.222. The first kappa shape index (κ1) is 18.7. The lowest BCUT2D eigenvalue weighted by Crippen LogP contribution is -2.23. The number of esters is 1. The van der Waals surface area contributed by atoms with Crippen LogP contribution in [0.25, 0.3) is 11.3 Å². The van der Waals surface area contributed by atoms with E-state index in [9.17, 15) is 19.5 Å². The van der Waals surface area contributed by atoms with E-state index >= 15 is 0 Å². The molecule has 27 heavy (non-hydrogen) atoms. The summed E-state index contributed by atoms with van der Waals surface area (Å²) in [5.41, 5.74) is 0.915. The van der Waals surface area contributed by atoms with Gasteiger partial charge < -0.3 is 14.4 Å². The fourth-order valence-corrected chi connectivity index (χ4v) is 3.73. The van der Waals surface area contributed by atoms with Crippen LogP contribution in [0.5, 0.6) is 0 Å². The van der Waals surface area contributed by atoms with Gasteiger partial charge in [0.25, 0.3) is 5.56 Å². The lowest BCUT2D eigenvalue weighted by atomic mass is 10.1. The van der Waals surface area contributed by atoms with Crippen molar-refractivity contribution in [1.82, 2.24) is 14.8 Å². The van der Waals surface area contributed by atoms with E-state index in [0.717, 1.165) is 5.56 Å². The summed E-state index contributed by atoms with van der Waals surface area (Å²) in [5, 5.41) is 15.8. The van der Waals surface area contributed by atoms with Gasteiger partial charge in [-0.1, -0.05) is 30.3 Å².